The Morgan fingerprint density at radius 3 is 2.74 bits per heavy atom. The van der Waals surface area contributed by atoms with Crippen LogP contribution in [0.25, 0.3) is 0 Å². The molecule has 4 nitrogen and oxygen atoms in total. The number of fused-ring (bicyclic) bond motifs is 3. The standard InChI is InChI=1S/C22H30BrNO3/c1-4-24(12-13-5-6-13)18-9-15-17(23)10-19(27-3)21(26)20(15)22(2)11-14(25)7-8-16(18)22/h10,13,16,18,26H,4-9,11-12H2,1-3H3/t16?,18?,22-/m1/s1. The zero-order valence-electron chi connectivity index (χ0n) is 16.6. The van der Waals surface area contributed by atoms with E-state index in [9.17, 15) is 9.90 Å². The summed E-state index contributed by atoms with van der Waals surface area (Å²) in [6, 6.07) is 2.29. The number of ketones is 1. The predicted octanol–water partition coefficient (Wildman–Crippen LogP) is 4.45. The molecule has 0 amide bonds. The zero-order chi connectivity index (χ0) is 19.3. The number of hydrogen-bond acceptors (Lipinski definition) is 4. The van der Waals surface area contributed by atoms with Crippen molar-refractivity contribution in [2.75, 3.05) is 20.2 Å². The van der Waals surface area contributed by atoms with E-state index in [4.69, 9.17) is 4.74 Å². The van der Waals surface area contributed by atoms with Gasteiger partial charge in [-0.15, -0.1) is 0 Å². The Morgan fingerprint density at radius 1 is 1.37 bits per heavy atom. The Bertz CT molecular complexity index is 760. The molecule has 27 heavy (non-hydrogen) atoms. The normalized spacial score (nSPS) is 30.2. The van der Waals surface area contributed by atoms with E-state index in [0.717, 1.165) is 47.4 Å². The Kier molecular flexibility index (Phi) is 5.04. The highest BCUT2D eigenvalue weighted by atomic mass is 79.9. The fourth-order valence-electron chi connectivity index (χ4n) is 5.65. The molecule has 2 saturated carbocycles. The average molecular weight is 436 g/mol. The molecule has 2 unspecified atom stereocenters. The molecule has 0 saturated heterocycles. The van der Waals surface area contributed by atoms with Crippen LogP contribution in [0.15, 0.2) is 10.5 Å². The molecule has 1 N–H and O–H groups in total. The number of carbonyl (C=O) groups is 1. The Hall–Kier alpha value is -1.07. The van der Waals surface area contributed by atoms with Crippen molar-refractivity contribution in [1.82, 2.24) is 4.90 Å². The summed E-state index contributed by atoms with van der Waals surface area (Å²) in [5.41, 5.74) is 1.75. The zero-order valence-corrected chi connectivity index (χ0v) is 18.1. The number of methoxy groups -OCH3 is 1. The van der Waals surface area contributed by atoms with Gasteiger partial charge < -0.3 is 9.84 Å². The monoisotopic (exact) mass is 435 g/mol. The van der Waals surface area contributed by atoms with E-state index in [2.05, 4.69) is 34.7 Å². The van der Waals surface area contributed by atoms with Gasteiger partial charge in [0.2, 0.25) is 0 Å². The first-order chi connectivity index (χ1) is 12.9. The van der Waals surface area contributed by atoms with Crippen LogP contribution in [-0.4, -0.2) is 42.0 Å². The third-order valence-corrected chi connectivity index (χ3v) is 7.88. The molecule has 3 aliphatic rings. The number of aromatic hydroxyl groups is 1. The SMILES string of the molecule is CCN(CC1CC1)C1Cc2c(Br)cc(OC)c(O)c2[C@]2(C)CC(=O)CCC12. The molecule has 0 bridgehead atoms. The van der Waals surface area contributed by atoms with Crippen molar-refractivity contribution in [2.24, 2.45) is 11.8 Å². The van der Waals surface area contributed by atoms with Gasteiger partial charge in [0.15, 0.2) is 11.5 Å². The summed E-state index contributed by atoms with van der Waals surface area (Å²) >= 11 is 3.73. The lowest BCUT2D eigenvalue weighted by molar-refractivity contribution is -0.124. The van der Waals surface area contributed by atoms with Gasteiger partial charge in [-0.2, -0.15) is 0 Å². The predicted molar refractivity (Wildman–Crippen MR) is 110 cm³/mol. The lowest BCUT2D eigenvalue weighted by Gasteiger charge is -2.53. The van der Waals surface area contributed by atoms with E-state index in [-0.39, 0.29) is 11.2 Å². The summed E-state index contributed by atoms with van der Waals surface area (Å²) < 4.78 is 6.41. The maximum absolute atomic E-state index is 12.5. The fraction of sp³-hybridized carbons (Fsp3) is 0.682. The van der Waals surface area contributed by atoms with Crippen molar-refractivity contribution in [2.45, 2.75) is 63.8 Å². The quantitative estimate of drug-likeness (QED) is 0.741. The van der Waals surface area contributed by atoms with Crippen LogP contribution in [0.1, 0.15) is 57.1 Å². The third kappa shape index (κ3) is 3.21. The highest BCUT2D eigenvalue weighted by Gasteiger charge is 2.52. The second kappa shape index (κ2) is 7.07. The molecule has 0 radical (unpaired) electrons. The number of ether oxygens (including phenoxy) is 1. The molecule has 5 heteroatoms. The molecule has 0 aromatic heterocycles. The lowest BCUT2D eigenvalue weighted by Crippen LogP contribution is -2.56. The van der Waals surface area contributed by atoms with Crippen LogP contribution < -0.4 is 4.74 Å². The summed E-state index contributed by atoms with van der Waals surface area (Å²) in [4.78, 5) is 15.1. The maximum atomic E-state index is 12.5. The number of halogens is 1. The molecule has 0 heterocycles. The number of phenolic OH excluding ortho intramolecular Hbond substituents is 1. The maximum Gasteiger partial charge on any atom is 0.161 e. The van der Waals surface area contributed by atoms with Gasteiger partial charge in [0.1, 0.15) is 5.78 Å². The van der Waals surface area contributed by atoms with Crippen molar-refractivity contribution < 1.29 is 14.6 Å². The van der Waals surface area contributed by atoms with Gasteiger partial charge in [-0.3, -0.25) is 9.69 Å². The number of phenols is 1. The summed E-state index contributed by atoms with van der Waals surface area (Å²) in [6.07, 6.45) is 5.70. The minimum Gasteiger partial charge on any atom is -0.504 e. The lowest BCUT2D eigenvalue weighted by atomic mass is 9.55. The summed E-state index contributed by atoms with van der Waals surface area (Å²) in [6.45, 7) is 6.65. The third-order valence-electron chi connectivity index (χ3n) is 7.17. The van der Waals surface area contributed by atoms with Gasteiger partial charge in [-0.25, -0.2) is 0 Å². The van der Waals surface area contributed by atoms with Crippen molar-refractivity contribution in [1.29, 1.82) is 0 Å². The number of likely N-dealkylation sites (N-methyl/N-ethyl adjacent to an activating group) is 1. The second-order valence-corrected chi connectivity index (χ2v) is 9.70. The second-order valence-electron chi connectivity index (χ2n) is 8.84. The van der Waals surface area contributed by atoms with E-state index in [1.165, 1.54) is 12.8 Å². The molecule has 1 aromatic carbocycles. The number of rotatable bonds is 5. The molecule has 0 aliphatic heterocycles. The van der Waals surface area contributed by atoms with Crippen LogP contribution in [0.2, 0.25) is 0 Å². The van der Waals surface area contributed by atoms with E-state index < -0.39 is 0 Å². The van der Waals surface area contributed by atoms with Crippen LogP contribution in [0.4, 0.5) is 0 Å². The Balaban J connectivity index is 1.84. The summed E-state index contributed by atoms with van der Waals surface area (Å²) in [5, 5.41) is 11.0. The molecule has 2 fully saturated rings. The average Bonchev–Trinajstić information content (AvgIpc) is 3.44. The van der Waals surface area contributed by atoms with E-state index in [1.807, 2.05) is 6.07 Å². The van der Waals surface area contributed by atoms with Crippen LogP contribution >= 0.6 is 15.9 Å². The van der Waals surface area contributed by atoms with E-state index in [1.54, 1.807) is 7.11 Å². The van der Waals surface area contributed by atoms with E-state index in [0.29, 0.717) is 36.3 Å². The molecule has 1 aromatic rings. The van der Waals surface area contributed by atoms with E-state index >= 15 is 0 Å². The smallest absolute Gasteiger partial charge is 0.161 e. The Morgan fingerprint density at radius 2 is 2.11 bits per heavy atom. The number of carbonyl (C=O) groups excluding carboxylic acids is 1. The molecule has 3 atom stereocenters. The molecule has 0 spiro atoms. The Labute approximate surface area is 170 Å². The first kappa shape index (κ1) is 19.3. The van der Waals surface area contributed by atoms with Crippen molar-refractivity contribution in [3.05, 3.63) is 21.7 Å². The molecular weight excluding hydrogens is 406 g/mol. The van der Waals surface area contributed by atoms with Crippen molar-refractivity contribution in [3.63, 3.8) is 0 Å². The van der Waals surface area contributed by atoms with Crippen molar-refractivity contribution in [3.8, 4) is 11.5 Å². The minimum atomic E-state index is -0.342. The van der Waals surface area contributed by atoms with Crippen LogP contribution in [-0.2, 0) is 16.6 Å². The van der Waals surface area contributed by atoms with Gasteiger partial charge in [0, 0.05) is 40.9 Å². The number of Topliss-reactive ketones (excluding diaryl/α,β-unsaturated/α-hetero) is 1. The number of benzene rings is 1. The van der Waals surface area contributed by atoms with Gasteiger partial charge >= 0.3 is 0 Å². The minimum absolute atomic E-state index is 0.224. The van der Waals surface area contributed by atoms with Crippen LogP contribution in [0, 0.1) is 11.8 Å². The topological polar surface area (TPSA) is 49.8 Å². The van der Waals surface area contributed by atoms with Gasteiger partial charge in [-0.05, 0) is 55.7 Å². The fourth-order valence-corrected chi connectivity index (χ4v) is 6.22. The summed E-state index contributed by atoms with van der Waals surface area (Å²) in [5.74, 6) is 2.25. The molecule has 3 aliphatic carbocycles. The largest absolute Gasteiger partial charge is 0.504 e. The number of nitrogens with zero attached hydrogens (tertiary/aromatic N) is 1. The van der Waals surface area contributed by atoms with Crippen LogP contribution in [0.3, 0.4) is 0 Å². The highest BCUT2D eigenvalue weighted by Crippen LogP contribution is 2.56. The molecule has 148 valence electrons. The molecular formula is C22H30BrNO3. The summed E-state index contributed by atoms with van der Waals surface area (Å²) in [7, 11) is 1.58. The van der Waals surface area contributed by atoms with Gasteiger partial charge in [0.25, 0.3) is 0 Å². The van der Waals surface area contributed by atoms with Crippen LogP contribution in [0.5, 0.6) is 11.5 Å². The van der Waals surface area contributed by atoms with Crippen molar-refractivity contribution >= 4 is 21.7 Å². The highest BCUT2D eigenvalue weighted by molar-refractivity contribution is 9.10. The first-order valence-electron chi connectivity index (χ1n) is 10.2. The van der Waals surface area contributed by atoms with Gasteiger partial charge in [0.05, 0.1) is 7.11 Å². The number of hydrogen-bond donors (Lipinski definition) is 1. The van der Waals surface area contributed by atoms with Gasteiger partial charge in [-0.1, -0.05) is 29.8 Å². The molecule has 4 rings (SSSR count). The first-order valence-corrected chi connectivity index (χ1v) is 11.0.